The van der Waals surface area contributed by atoms with Crippen molar-refractivity contribution in [3.63, 3.8) is 0 Å². The summed E-state index contributed by atoms with van der Waals surface area (Å²) >= 11 is 0. The summed E-state index contributed by atoms with van der Waals surface area (Å²) in [7, 11) is -3.50. The Hall–Kier alpha value is -1.17. The smallest absolute Gasteiger partial charge is 0.181 e. The normalized spacial score (nSPS) is 34.0. The van der Waals surface area contributed by atoms with E-state index in [2.05, 4.69) is 13.0 Å². The van der Waals surface area contributed by atoms with Crippen molar-refractivity contribution in [1.82, 2.24) is 0 Å². The molecule has 1 aromatic rings. The van der Waals surface area contributed by atoms with E-state index in [-0.39, 0.29) is 17.9 Å². The highest BCUT2D eigenvalue weighted by atomic mass is 32.2. The van der Waals surface area contributed by atoms with E-state index in [1.165, 1.54) is 37.7 Å². The Morgan fingerprint density at radius 3 is 2.30 bits per heavy atom. The van der Waals surface area contributed by atoms with Crippen LogP contribution in [0.4, 0.5) is 0 Å². The number of hydrogen-bond donors (Lipinski definition) is 2. The van der Waals surface area contributed by atoms with Crippen molar-refractivity contribution in [2.24, 2.45) is 35.0 Å². The molecule has 0 aromatic heterocycles. The first-order valence-electron chi connectivity index (χ1n) is 16.4. The van der Waals surface area contributed by atoms with Crippen LogP contribution in [-0.4, -0.2) is 35.6 Å². The predicted octanol–water partition coefficient (Wildman–Crippen LogP) is 8.37. The Morgan fingerprint density at radius 1 is 0.975 bits per heavy atom. The summed E-state index contributed by atoms with van der Waals surface area (Å²) in [4.78, 5) is 0.373. The van der Waals surface area contributed by atoms with Gasteiger partial charge in [-0.1, -0.05) is 64.5 Å². The number of fused-ring (bicyclic) bond motifs is 5. The van der Waals surface area contributed by atoms with E-state index in [1.807, 2.05) is 33.8 Å². The molecule has 4 aliphatic carbocycles. The monoisotopic (exact) mass is 574 g/mol. The van der Waals surface area contributed by atoms with Crippen LogP contribution in [0.2, 0.25) is 0 Å². The Balaban J connectivity index is 0.00000106. The highest BCUT2D eigenvalue weighted by Crippen LogP contribution is 2.64. The zero-order valence-electron chi connectivity index (χ0n) is 26.4. The summed E-state index contributed by atoms with van der Waals surface area (Å²) < 4.78 is 27.2. The second-order valence-electron chi connectivity index (χ2n) is 13.4. The number of aliphatic hydroxyl groups excluding tert-OH is 1. The van der Waals surface area contributed by atoms with Crippen molar-refractivity contribution in [2.45, 2.75) is 141 Å². The molecule has 4 nitrogen and oxygen atoms in total. The molecule has 8 unspecified atom stereocenters. The van der Waals surface area contributed by atoms with E-state index in [0.29, 0.717) is 23.2 Å². The topological polar surface area (TPSA) is 74.6 Å². The molecule has 2 N–H and O–H groups in total. The molecular formula is C35H58O4S. The van der Waals surface area contributed by atoms with Gasteiger partial charge < -0.3 is 10.2 Å². The molecule has 0 radical (unpaired) electrons. The molecule has 3 fully saturated rings. The first-order chi connectivity index (χ1) is 19.0. The van der Waals surface area contributed by atoms with Gasteiger partial charge in [-0.3, -0.25) is 0 Å². The molecular weight excluding hydrogens is 516 g/mol. The van der Waals surface area contributed by atoms with Crippen LogP contribution in [0.15, 0.2) is 46.9 Å². The van der Waals surface area contributed by atoms with Gasteiger partial charge in [0.2, 0.25) is 0 Å². The molecule has 0 bridgehead atoms. The molecule has 0 saturated heterocycles. The Morgan fingerprint density at radius 2 is 1.65 bits per heavy atom. The summed E-state index contributed by atoms with van der Waals surface area (Å²) in [6.07, 6.45) is 13.3. The van der Waals surface area contributed by atoms with E-state index in [4.69, 9.17) is 0 Å². The fourth-order valence-electron chi connectivity index (χ4n) is 8.95. The Bertz CT molecular complexity index is 1060. The van der Waals surface area contributed by atoms with Gasteiger partial charge in [0.1, 0.15) is 0 Å². The standard InChI is InChI=1S/C31H46O4S.2C2H6/c1-30(2,33)20-25(36(34,35)24-7-5-4-6-8-24)13-10-22-11-16-29-28-14-9-21-19-23(32)12-15-26(21)27(28)17-18-31(22,29)3;2*1-2/h4-9,22-23,25-29,32-33H,10-20H2,1-3H3;2*1-2H3. The maximum absolute atomic E-state index is 13.6. The second kappa shape index (κ2) is 13.9. The number of rotatable bonds is 7. The van der Waals surface area contributed by atoms with Crippen LogP contribution < -0.4 is 0 Å². The van der Waals surface area contributed by atoms with Gasteiger partial charge in [-0.15, -0.1) is 0 Å². The largest absolute Gasteiger partial charge is 0.393 e. The molecule has 40 heavy (non-hydrogen) atoms. The van der Waals surface area contributed by atoms with E-state index < -0.39 is 20.7 Å². The van der Waals surface area contributed by atoms with Gasteiger partial charge in [0.15, 0.2) is 9.84 Å². The molecule has 0 aliphatic heterocycles. The molecule has 1 aromatic carbocycles. The lowest BCUT2D eigenvalue weighted by Crippen LogP contribution is -2.46. The SMILES string of the molecule is CC.CC.CC(C)(O)CC(CCC1CCC2C3CC=C4CC(O)CCC4C3CCC12C)S(=O)(=O)c1ccccc1. The van der Waals surface area contributed by atoms with Gasteiger partial charge in [0.05, 0.1) is 21.9 Å². The van der Waals surface area contributed by atoms with Gasteiger partial charge >= 0.3 is 0 Å². The third kappa shape index (κ3) is 7.06. The van der Waals surface area contributed by atoms with Gasteiger partial charge in [-0.2, -0.15) is 0 Å². The lowest BCUT2D eigenvalue weighted by Gasteiger charge is -2.54. The fraction of sp³-hybridized carbons (Fsp3) is 0.771. The van der Waals surface area contributed by atoms with Gasteiger partial charge in [-0.05, 0) is 132 Å². The van der Waals surface area contributed by atoms with Gasteiger partial charge in [0, 0.05) is 0 Å². The summed E-state index contributed by atoms with van der Waals surface area (Å²) in [5.41, 5.74) is 0.803. The van der Waals surface area contributed by atoms with E-state index in [0.717, 1.165) is 43.4 Å². The van der Waals surface area contributed by atoms with Crippen molar-refractivity contribution in [1.29, 1.82) is 0 Å². The van der Waals surface area contributed by atoms with Crippen molar-refractivity contribution in [3.05, 3.63) is 42.0 Å². The Kier molecular flexibility index (Phi) is 11.6. The van der Waals surface area contributed by atoms with E-state index in [9.17, 15) is 18.6 Å². The minimum Gasteiger partial charge on any atom is -0.393 e. The molecule has 0 amide bonds. The highest BCUT2D eigenvalue weighted by Gasteiger charge is 2.55. The molecule has 228 valence electrons. The summed E-state index contributed by atoms with van der Waals surface area (Å²) in [6, 6.07) is 8.79. The van der Waals surface area contributed by atoms with Crippen LogP contribution >= 0.6 is 0 Å². The quantitative estimate of drug-likeness (QED) is 0.321. The lowest BCUT2D eigenvalue weighted by atomic mass is 9.51. The van der Waals surface area contributed by atoms with Crippen LogP contribution in [0, 0.1) is 35.0 Å². The third-order valence-electron chi connectivity index (χ3n) is 10.7. The van der Waals surface area contributed by atoms with Crippen LogP contribution in [0.25, 0.3) is 0 Å². The molecule has 4 aliphatic rings. The Labute approximate surface area is 246 Å². The maximum Gasteiger partial charge on any atom is 0.181 e. The number of hydrogen-bond acceptors (Lipinski definition) is 4. The van der Waals surface area contributed by atoms with Gasteiger partial charge in [-0.25, -0.2) is 8.42 Å². The third-order valence-corrected chi connectivity index (χ3v) is 12.9. The van der Waals surface area contributed by atoms with Crippen LogP contribution in [0.3, 0.4) is 0 Å². The maximum atomic E-state index is 13.6. The molecule has 8 atom stereocenters. The summed E-state index contributed by atoms with van der Waals surface area (Å²) in [5.74, 6) is 3.48. The number of aliphatic hydroxyl groups is 2. The average Bonchev–Trinajstić information content (AvgIpc) is 3.29. The molecule has 0 spiro atoms. The van der Waals surface area contributed by atoms with Crippen molar-refractivity contribution in [3.8, 4) is 0 Å². The minimum atomic E-state index is -3.50. The van der Waals surface area contributed by atoms with Crippen LogP contribution in [-0.2, 0) is 9.84 Å². The second-order valence-corrected chi connectivity index (χ2v) is 15.6. The number of sulfone groups is 1. The molecule has 3 saturated carbocycles. The number of benzene rings is 1. The summed E-state index contributed by atoms with van der Waals surface area (Å²) in [5, 5.41) is 20.2. The zero-order valence-corrected chi connectivity index (χ0v) is 27.2. The van der Waals surface area contributed by atoms with Crippen molar-refractivity contribution >= 4 is 9.84 Å². The first-order valence-corrected chi connectivity index (χ1v) is 17.9. The van der Waals surface area contributed by atoms with E-state index in [1.54, 1.807) is 38.1 Å². The van der Waals surface area contributed by atoms with Crippen LogP contribution in [0.5, 0.6) is 0 Å². The molecule has 0 heterocycles. The van der Waals surface area contributed by atoms with Gasteiger partial charge in [0.25, 0.3) is 0 Å². The van der Waals surface area contributed by atoms with Crippen LogP contribution in [0.1, 0.15) is 119 Å². The molecule has 5 rings (SSSR count). The lowest BCUT2D eigenvalue weighted by molar-refractivity contribution is -0.0202. The van der Waals surface area contributed by atoms with Crippen molar-refractivity contribution < 1.29 is 18.6 Å². The zero-order chi connectivity index (χ0) is 29.7. The first kappa shape index (κ1) is 33.3. The number of allylic oxidation sites excluding steroid dienone is 1. The fourth-order valence-corrected chi connectivity index (χ4v) is 10.9. The van der Waals surface area contributed by atoms with E-state index >= 15 is 0 Å². The molecule has 5 heteroatoms. The van der Waals surface area contributed by atoms with Crippen molar-refractivity contribution in [2.75, 3.05) is 0 Å². The minimum absolute atomic E-state index is 0.141. The highest BCUT2D eigenvalue weighted by molar-refractivity contribution is 7.92. The average molecular weight is 575 g/mol. The predicted molar refractivity (Wildman–Crippen MR) is 167 cm³/mol. The summed E-state index contributed by atoms with van der Waals surface area (Å²) in [6.45, 7) is 14.0.